The normalized spacial score (nSPS) is 11.2. The topological polar surface area (TPSA) is 58.9 Å². The van der Waals surface area contributed by atoms with Crippen LogP contribution in [-0.4, -0.2) is 23.5 Å². The monoisotopic (exact) mass is 347 g/mol. The minimum atomic E-state index is -0.447. The van der Waals surface area contributed by atoms with E-state index in [2.05, 4.69) is 21.1 Å². The Hall–Kier alpha value is -2.14. The van der Waals surface area contributed by atoms with Crippen LogP contribution in [0.5, 0.6) is 0 Å². The fourth-order valence-electron chi connectivity index (χ4n) is 1.80. The molecule has 2 aromatic carbocycles. The molecule has 0 aliphatic rings. The first-order chi connectivity index (χ1) is 10.1. The number of oxime groups is 1. The maximum atomic E-state index is 11.9. The highest BCUT2D eigenvalue weighted by Crippen LogP contribution is 2.12. The van der Waals surface area contributed by atoms with Gasteiger partial charge in [-0.25, -0.2) is 4.79 Å². The standard InChI is InChI=1S/C16H14BrNO3/c1-11-3-2-4-13(9-11)16(19)21-10-15(18-20)12-5-7-14(17)8-6-12/h2-9,20H,10H2,1H3/b18-15-. The predicted octanol–water partition coefficient (Wildman–Crippen LogP) is 3.79. The summed E-state index contributed by atoms with van der Waals surface area (Å²) in [6, 6.07) is 14.3. The van der Waals surface area contributed by atoms with Crippen molar-refractivity contribution in [3.63, 3.8) is 0 Å². The first-order valence-electron chi connectivity index (χ1n) is 6.31. The molecule has 0 spiro atoms. The van der Waals surface area contributed by atoms with Crippen molar-refractivity contribution >= 4 is 27.6 Å². The number of hydrogen-bond donors (Lipinski definition) is 1. The summed E-state index contributed by atoms with van der Waals surface area (Å²) in [6.07, 6.45) is 0. The SMILES string of the molecule is Cc1cccc(C(=O)OC/C(=N/O)c2ccc(Br)cc2)c1. The lowest BCUT2D eigenvalue weighted by molar-refractivity contribution is 0.0562. The third kappa shape index (κ3) is 4.16. The number of carbonyl (C=O) groups excluding carboxylic acids is 1. The highest BCUT2D eigenvalue weighted by Gasteiger charge is 2.11. The van der Waals surface area contributed by atoms with Gasteiger partial charge in [0.05, 0.1) is 5.56 Å². The van der Waals surface area contributed by atoms with Gasteiger partial charge in [0, 0.05) is 10.0 Å². The van der Waals surface area contributed by atoms with Crippen LogP contribution >= 0.6 is 15.9 Å². The predicted molar refractivity (Wildman–Crippen MR) is 83.9 cm³/mol. The third-order valence-electron chi connectivity index (χ3n) is 2.89. The highest BCUT2D eigenvalue weighted by molar-refractivity contribution is 9.10. The average molecular weight is 348 g/mol. The highest BCUT2D eigenvalue weighted by atomic mass is 79.9. The second-order valence-electron chi connectivity index (χ2n) is 4.50. The lowest BCUT2D eigenvalue weighted by Gasteiger charge is -2.07. The molecule has 0 bridgehead atoms. The first-order valence-corrected chi connectivity index (χ1v) is 7.10. The van der Waals surface area contributed by atoms with Crippen molar-refractivity contribution in [2.24, 2.45) is 5.16 Å². The van der Waals surface area contributed by atoms with E-state index >= 15 is 0 Å². The number of ether oxygens (including phenoxy) is 1. The molecule has 0 aliphatic heterocycles. The molecule has 108 valence electrons. The van der Waals surface area contributed by atoms with Crippen molar-refractivity contribution in [2.45, 2.75) is 6.92 Å². The van der Waals surface area contributed by atoms with Gasteiger partial charge in [0.15, 0.2) is 0 Å². The number of nitrogens with zero attached hydrogens (tertiary/aromatic N) is 1. The zero-order chi connectivity index (χ0) is 15.2. The van der Waals surface area contributed by atoms with Gasteiger partial charge < -0.3 is 9.94 Å². The Morgan fingerprint density at radius 2 is 1.90 bits per heavy atom. The van der Waals surface area contributed by atoms with E-state index in [4.69, 9.17) is 9.94 Å². The molecule has 0 aliphatic carbocycles. The van der Waals surface area contributed by atoms with Crippen molar-refractivity contribution < 1.29 is 14.7 Å². The fraction of sp³-hybridized carbons (Fsp3) is 0.125. The van der Waals surface area contributed by atoms with Gasteiger partial charge in [-0.3, -0.25) is 0 Å². The summed E-state index contributed by atoms with van der Waals surface area (Å²) < 4.78 is 6.10. The minimum Gasteiger partial charge on any atom is -0.455 e. The van der Waals surface area contributed by atoms with E-state index < -0.39 is 5.97 Å². The Morgan fingerprint density at radius 1 is 1.19 bits per heavy atom. The summed E-state index contributed by atoms with van der Waals surface area (Å²) in [4.78, 5) is 11.9. The quantitative estimate of drug-likeness (QED) is 0.396. The van der Waals surface area contributed by atoms with E-state index in [1.807, 2.05) is 25.1 Å². The largest absolute Gasteiger partial charge is 0.455 e. The van der Waals surface area contributed by atoms with Gasteiger partial charge in [-0.15, -0.1) is 0 Å². The van der Waals surface area contributed by atoms with Gasteiger partial charge in [-0.05, 0) is 31.2 Å². The molecule has 2 rings (SSSR count). The molecule has 0 amide bonds. The molecule has 0 heterocycles. The Balaban J connectivity index is 2.04. The number of esters is 1. The number of carbonyl (C=O) groups is 1. The van der Waals surface area contributed by atoms with Crippen LogP contribution in [0.1, 0.15) is 21.5 Å². The van der Waals surface area contributed by atoms with E-state index in [1.54, 1.807) is 30.3 Å². The number of rotatable bonds is 4. The van der Waals surface area contributed by atoms with E-state index in [0.717, 1.165) is 10.0 Å². The molecular formula is C16H14BrNO3. The molecule has 21 heavy (non-hydrogen) atoms. The molecule has 0 radical (unpaired) electrons. The summed E-state index contributed by atoms with van der Waals surface area (Å²) in [5, 5.41) is 12.3. The Kier molecular flexibility index (Phi) is 5.11. The third-order valence-corrected chi connectivity index (χ3v) is 3.42. The number of halogens is 1. The number of hydrogen-bond acceptors (Lipinski definition) is 4. The van der Waals surface area contributed by atoms with Gasteiger partial charge in [-0.1, -0.05) is 50.9 Å². The second kappa shape index (κ2) is 7.04. The zero-order valence-electron chi connectivity index (χ0n) is 11.4. The zero-order valence-corrected chi connectivity index (χ0v) is 13.0. The van der Waals surface area contributed by atoms with Gasteiger partial charge in [-0.2, -0.15) is 0 Å². The van der Waals surface area contributed by atoms with E-state index in [9.17, 15) is 4.79 Å². The molecule has 0 fully saturated rings. The van der Waals surface area contributed by atoms with Crippen LogP contribution in [0.25, 0.3) is 0 Å². The minimum absolute atomic E-state index is 0.0924. The van der Waals surface area contributed by atoms with Gasteiger partial charge in [0.2, 0.25) is 0 Å². The summed E-state index contributed by atoms with van der Waals surface area (Å²) >= 11 is 3.33. The van der Waals surface area contributed by atoms with Gasteiger partial charge in [0.25, 0.3) is 0 Å². The van der Waals surface area contributed by atoms with E-state index in [1.165, 1.54) is 0 Å². The molecule has 1 N–H and O–H groups in total. The lowest BCUT2D eigenvalue weighted by atomic mass is 10.1. The van der Waals surface area contributed by atoms with Crippen molar-refractivity contribution in [3.8, 4) is 0 Å². The van der Waals surface area contributed by atoms with Crippen LogP contribution < -0.4 is 0 Å². The smallest absolute Gasteiger partial charge is 0.338 e. The van der Waals surface area contributed by atoms with Crippen molar-refractivity contribution in [1.82, 2.24) is 0 Å². The lowest BCUT2D eigenvalue weighted by Crippen LogP contribution is -2.15. The summed E-state index contributed by atoms with van der Waals surface area (Å²) in [5.41, 5.74) is 2.44. The van der Waals surface area contributed by atoms with E-state index in [0.29, 0.717) is 16.8 Å². The van der Waals surface area contributed by atoms with Crippen molar-refractivity contribution in [3.05, 3.63) is 69.7 Å². The van der Waals surface area contributed by atoms with Crippen LogP contribution in [0.2, 0.25) is 0 Å². The Labute approximate surface area is 131 Å². The van der Waals surface area contributed by atoms with Crippen LogP contribution in [-0.2, 0) is 4.74 Å². The molecule has 4 nitrogen and oxygen atoms in total. The molecule has 5 heteroatoms. The molecule has 0 saturated carbocycles. The average Bonchev–Trinajstić information content (AvgIpc) is 2.49. The second-order valence-corrected chi connectivity index (χ2v) is 5.41. The van der Waals surface area contributed by atoms with Gasteiger partial charge in [0.1, 0.15) is 12.3 Å². The van der Waals surface area contributed by atoms with Crippen LogP contribution in [0, 0.1) is 6.92 Å². The van der Waals surface area contributed by atoms with Crippen LogP contribution in [0.4, 0.5) is 0 Å². The first kappa shape index (κ1) is 15.3. The van der Waals surface area contributed by atoms with Crippen molar-refractivity contribution in [1.29, 1.82) is 0 Å². The number of benzene rings is 2. The van der Waals surface area contributed by atoms with Gasteiger partial charge >= 0.3 is 5.97 Å². The molecule has 2 aromatic rings. The maximum Gasteiger partial charge on any atom is 0.338 e. The molecule has 0 unspecified atom stereocenters. The molecular weight excluding hydrogens is 334 g/mol. The van der Waals surface area contributed by atoms with Crippen molar-refractivity contribution in [2.75, 3.05) is 6.61 Å². The molecule has 0 atom stereocenters. The maximum absolute atomic E-state index is 11.9. The van der Waals surface area contributed by atoms with Crippen LogP contribution in [0.3, 0.4) is 0 Å². The van der Waals surface area contributed by atoms with Crippen LogP contribution in [0.15, 0.2) is 58.2 Å². The Bertz CT molecular complexity index is 665. The summed E-state index contributed by atoms with van der Waals surface area (Å²) in [7, 11) is 0. The van der Waals surface area contributed by atoms with E-state index in [-0.39, 0.29) is 6.61 Å². The fourth-order valence-corrected chi connectivity index (χ4v) is 2.07. The Morgan fingerprint density at radius 3 is 2.52 bits per heavy atom. The molecule has 0 saturated heterocycles. The summed E-state index contributed by atoms with van der Waals surface area (Å²) in [6.45, 7) is 1.81. The number of aryl methyl sites for hydroxylation is 1. The molecule has 0 aromatic heterocycles. The summed E-state index contributed by atoms with van der Waals surface area (Å²) in [5.74, 6) is -0.447.